The maximum Gasteiger partial charge on any atom is 0.333 e. The van der Waals surface area contributed by atoms with E-state index >= 15 is 0 Å². The van der Waals surface area contributed by atoms with Crippen LogP contribution in [-0.4, -0.2) is 26.5 Å². The summed E-state index contributed by atoms with van der Waals surface area (Å²) in [7, 11) is 0. The van der Waals surface area contributed by atoms with Gasteiger partial charge in [-0.05, 0) is 63.0 Å². The number of hydrogen-bond acceptors (Lipinski definition) is 6. The fourth-order valence-electron chi connectivity index (χ4n) is 3.30. The molecular weight excluding hydrogens is 520 g/mol. The third kappa shape index (κ3) is 5.41. The number of ketones is 1. The third-order valence-electron chi connectivity index (χ3n) is 5.01. The van der Waals surface area contributed by atoms with Gasteiger partial charge in [-0.1, -0.05) is 44.2 Å². The van der Waals surface area contributed by atoms with E-state index in [1.54, 1.807) is 58.0 Å². The molecule has 0 spiro atoms. The Labute approximate surface area is 211 Å². The molecule has 0 fully saturated rings. The number of ether oxygens (including phenoxy) is 1. The summed E-state index contributed by atoms with van der Waals surface area (Å²) in [6, 6.07) is 8.61. The molecule has 0 N–H and O–H groups in total. The Balaban J connectivity index is 0.00000199. The van der Waals surface area contributed by atoms with E-state index in [1.165, 1.54) is 29.8 Å². The second-order valence-electron chi connectivity index (χ2n) is 9.04. The summed E-state index contributed by atoms with van der Waals surface area (Å²) in [4.78, 5) is 53.3. The van der Waals surface area contributed by atoms with Crippen LogP contribution in [0.1, 0.15) is 64.4 Å². The van der Waals surface area contributed by atoms with Crippen LogP contribution in [0.2, 0.25) is 0 Å². The molecule has 7 nitrogen and oxygen atoms in total. The predicted octanol–water partition coefficient (Wildman–Crippen LogP) is 5.28. The molecule has 0 aliphatic rings. The van der Waals surface area contributed by atoms with Gasteiger partial charge in [0.2, 0.25) is 0 Å². The fourth-order valence-corrected chi connectivity index (χ4v) is 4.98. The molecule has 2 heterocycles. The second kappa shape index (κ2) is 10.4. The van der Waals surface area contributed by atoms with Crippen molar-refractivity contribution in [1.82, 2.24) is 9.13 Å². The fraction of sp³-hybridized carbons (Fsp3) is 0.440. The van der Waals surface area contributed by atoms with E-state index < -0.39 is 28.4 Å². The molecule has 0 amide bonds. The van der Waals surface area contributed by atoms with Crippen molar-refractivity contribution in [2.75, 3.05) is 0 Å². The molecule has 1 aromatic carbocycles. The number of esters is 1. The molecule has 0 aliphatic heterocycles. The molecule has 0 radical (unpaired) electrons. The lowest BCUT2D eigenvalue weighted by atomic mass is 10.0. The van der Waals surface area contributed by atoms with Gasteiger partial charge < -0.3 is 4.74 Å². The molecule has 9 heteroatoms. The van der Waals surface area contributed by atoms with Crippen molar-refractivity contribution >= 4 is 49.2 Å². The van der Waals surface area contributed by atoms with Gasteiger partial charge >= 0.3 is 11.7 Å². The lowest BCUT2D eigenvalue weighted by Crippen LogP contribution is -2.54. The van der Waals surface area contributed by atoms with Crippen molar-refractivity contribution in [2.24, 2.45) is 0 Å². The highest BCUT2D eigenvalue weighted by molar-refractivity contribution is 9.11. The van der Waals surface area contributed by atoms with Crippen LogP contribution in [0, 0.1) is 6.92 Å². The minimum Gasteiger partial charge on any atom is -0.458 e. The highest BCUT2D eigenvalue weighted by Crippen LogP contribution is 2.33. The van der Waals surface area contributed by atoms with Gasteiger partial charge in [0, 0.05) is 5.56 Å². The van der Waals surface area contributed by atoms with E-state index in [0.29, 0.717) is 25.1 Å². The lowest BCUT2D eigenvalue weighted by Gasteiger charge is -2.30. The number of hydrogen-bond donors (Lipinski definition) is 0. The average Bonchev–Trinajstić information content (AvgIpc) is 3.06. The summed E-state index contributed by atoms with van der Waals surface area (Å²) in [6.07, 6.45) is 0. The number of Topliss-reactive ketones (excluding diaryl/α,β-unsaturated/α-hetero) is 1. The summed E-state index contributed by atoms with van der Waals surface area (Å²) in [5.74, 6) is -0.993. The van der Waals surface area contributed by atoms with E-state index in [0.717, 1.165) is 4.57 Å². The Morgan fingerprint density at radius 2 is 1.59 bits per heavy atom. The van der Waals surface area contributed by atoms with Crippen LogP contribution < -0.4 is 11.2 Å². The Bertz CT molecular complexity index is 1330. The van der Waals surface area contributed by atoms with E-state index in [4.69, 9.17) is 4.74 Å². The predicted molar refractivity (Wildman–Crippen MR) is 140 cm³/mol. The summed E-state index contributed by atoms with van der Waals surface area (Å²) >= 11 is 4.64. The highest BCUT2D eigenvalue weighted by atomic mass is 79.9. The monoisotopic (exact) mass is 550 g/mol. The van der Waals surface area contributed by atoms with Crippen molar-refractivity contribution < 1.29 is 14.3 Å². The molecule has 3 aromatic rings. The molecule has 2 aromatic heterocycles. The Hall–Kier alpha value is -2.52. The third-order valence-corrected chi connectivity index (χ3v) is 7.19. The zero-order valence-electron chi connectivity index (χ0n) is 20.8. The Morgan fingerprint density at radius 3 is 2.12 bits per heavy atom. The van der Waals surface area contributed by atoms with Gasteiger partial charge in [-0.15, -0.1) is 11.3 Å². The number of rotatable bonds is 5. The quantitative estimate of drug-likeness (QED) is 0.318. The van der Waals surface area contributed by atoms with Crippen molar-refractivity contribution in [3.8, 4) is 0 Å². The van der Waals surface area contributed by atoms with Crippen molar-refractivity contribution in [1.29, 1.82) is 0 Å². The van der Waals surface area contributed by atoms with Gasteiger partial charge in [-0.25, -0.2) is 14.2 Å². The molecular formula is C25H31BrN2O5S. The van der Waals surface area contributed by atoms with Crippen LogP contribution in [-0.2, 0) is 21.6 Å². The molecule has 0 saturated carbocycles. The molecule has 184 valence electrons. The number of halogens is 1. The van der Waals surface area contributed by atoms with E-state index in [9.17, 15) is 19.2 Å². The molecule has 0 unspecified atom stereocenters. The lowest BCUT2D eigenvalue weighted by molar-refractivity contribution is -0.164. The first-order chi connectivity index (χ1) is 15.8. The van der Waals surface area contributed by atoms with Crippen LogP contribution in [0.5, 0.6) is 0 Å². The van der Waals surface area contributed by atoms with Crippen molar-refractivity contribution in [2.45, 2.75) is 73.1 Å². The van der Waals surface area contributed by atoms with Crippen LogP contribution in [0.15, 0.2) is 43.7 Å². The van der Waals surface area contributed by atoms with Crippen molar-refractivity contribution in [3.63, 3.8) is 0 Å². The number of benzene rings is 1. The topological polar surface area (TPSA) is 87.4 Å². The normalized spacial score (nSPS) is 11.7. The van der Waals surface area contributed by atoms with Crippen LogP contribution in [0.4, 0.5) is 0 Å². The first-order valence-electron chi connectivity index (χ1n) is 11.0. The number of thiophene rings is 1. The second-order valence-corrected chi connectivity index (χ2v) is 11.4. The van der Waals surface area contributed by atoms with E-state index in [2.05, 4.69) is 15.9 Å². The van der Waals surface area contributed by atoms with Gasteiger partial charge in [0.05, 0.1) is 15.7 Å². The van der Waals surface area contributed by atoms with Gasteiger partial charge in [0.1, 0.15) is 16.0 Å². The van der Waals surface area contributed by atoms with E-state index in [-0.39, 0.29) is 12.3 Å². The van der Waals surface area contributed by atoms with Gasteiger partial charge in [-0.2, -0.15) is 0 Å². The molecule has 3 rings (SSSR count). The van der Waals surface area contributed by atoms with Crippen LogP contribution in [0.25, 0.3) is 10.2 Å². The molecule has 0 aliphatic carbocycles. The van der Waals surface area contributed by atoms with Gasteiger partial charge in [0.15, 0.2) is 5.78 Å². The average molecular weight is 552 g/mol. The number of carbonyl (C=O) groups is 2. The Kier molecular flexibility index (Phi) is 8.48. The molecule has 0 atom stereocenters. The number of aryl methyl sites for hydroxylation is 1. The van der Waals surface area contributed by atoms with E-state index in [1.807, 2.05) is 13.8 Å². The molecule has 0 saturated heterocycles. The van der Waals surface area contributed by atoms with Crippen molar-refractivity contribution in [3.05, 3.63) is 66.1 Å². The summed E-state index contributed by atoms with van der Waals surface area (Å²) in [5.41, 5.74) is -2.63. The molecule has 34 heavy (non-hydrogen) atoms. The Morgan fingerprint density at radius 1 is 1.03 bits per heavy atom. The number of carbonyl (C=O) groups excluding carboxylic acids is 2. The highest BCUT2D eigenvalue weighted by Gasteiger charge is 2.38. The van der Waals surface area contributed by atoms with Crippen LogP contribution in [0.3, 0.4) is 0 Å². The summed E-state index contributed by atoms with van der Waals surface area (Å²) < 4.78 is 8.32. The minimum absolute atomic E-state index is 0.267. The minimum atomic E-state index is -1.59. The zero-order chi connectivity index (χ0) is 26.0. The maximum atomic E-state index is 13.6. The number of fused-ring (bicyclic) bond motifs is 1. The number of aromatic nitrogens is 2. The van der Waals surface area contributed by atoms with Gasteiger partial charge in [0.25, 0.3) is 5.56 Å². The van der Waals surface area contributed by atoms with Crippen LogP contribution >= 0.6 is 27.3 Å². The first kappa shape index (κ1) is 27.7. The summed E-state index contributed by atoms with van der Waals surface area (Å²) in [5, 5.41) is 0.291. The zero-order valence-corrected chi connectivity index (χ0v) is 23.2. The SMILES string of the molecule is CC.Cc1c(Br)sc2c1c(=O)n(C(C)(C)C(=O)OC(C)(C)C)c(=O)n2CC(=O)c1ccccc1. The largest absolute Gasteiger partial charge is 0.458 e. The van der Waals surface area contributed by atoms with Gasteiger partial charge in [-0.3, -0.25) is 14.2 Å². The smallest absolute Gasteiger partial charge is 0.333 e. The number of nitrogens with zero attached hydrogens (tertiary/aromatic N) is 2. The summed E-state index contributed by atoms with van der Waals surface area (Å²) in [6.45, 7) is 13.6. The first-order valence-corrected chi connectivity index (χ1v) is 12.6. The molecule has 0 bridgehead atoms. The maximum absolute atomic E-state index is 13.6. The standard InChI is InChI=1S/C23H25BrN2O5S.C2H6/c1-13-16-18(28)26(23(5,6)20(29)31-22(2,3)4)21(30)25(19(16)32-17(13)24)12-15(27)14-10-8-7-9-11-14;1-2/h7-11H,12H2,1-6H3;1-2H3.